The highest BCUT2D eigenvalue weighted by Crippen LogP contribution is 2.18. The number of rotatable bonds is 4. The minimum absolute atomic E-state index is 0.0862. The lowest BCUT2D eigenvalue weighted by Gasteiger charge is -2.37. The van der Waals surface area contributed by atoms with Crippen LogP contribution in [0.2, 0.25) is 0 Å². The summed E-state index contributed by atoms with van der Waals surface area (Å²) >= 11 is 0. The first-order valence-electron chi connectivity index (χ1n) is 7.32. The number of furan rings is 1. The monoisotopic (exact) mass is 298 g/mol. The summed E-state index contributed by atoms with van der Waals surface area (Å²) in [5, 5.41) is 2.75. The van der Waals surface area contributed by atoms with Crippen LogP contribution in [-0.4, -0.2) is 28.8 Å². The molecular formula is C17H18N2O3. The van der Waals surface area contributed by atoms with E-state index >= 15 is 0 Å². The van der Waals surface area contributed by atoms with Gasteiger partial charge in [0.25, 0.3) is 0 Å². The summed E-state index contributed by atoms with van der Waals surface area (Å²) in [6, 6.07) is 12.3. The lowest BCUT2D eigenvalue weighted by molar-refractivity contribution is -0.149. The molecule has 2 amide bonds. The van der Waals surface area contributed by atoms with Crippen LogP contribution in [0.3, 0.4) is 0 Å². The van der Waals surface area contributed by atoms with Crippen molar-refractivity contribution in [2.75, 3.05) is 0 Å². The minimum atomic E-state index is -0.517. The van der Waals surface area contributed by atoms with Gasteiger partial charge in [-0.25, -0.2) is 0 Å². The number of carbonyl (C=O) groups excluding carboxylic acids is 2. The maximum absolute atomic E-state index is 12.5. The van der Waals surface area contributed by atoms with Crippen LogP contribution in [0, 0.1) is 0 Å². The molecule has 1 aromatic heterocycles. The standard InChI is InChI=1S/C17H18N2O3/c1-12-17(21)19(11-14-8-5-9-22-14)15(16(20)18-12)10-13-6-3-2-4-7-13/h2-9,12,15H,10-11H2,1H3,(H,18,20)/t12-,15-/m0/s1. The Kier molecular flexibility index (Phi) is 3.96. The maximum Gasteiger partial charge on any atom is 0.245 e. The Morgan fingerprint density at radius 3 is 2.59 bits per heavy atom. The van der Waals surface area contributed by atoms with Crippen molar-refractivity contribution in [2.45, 2.75) is 32.0 Å². The van der Waals surface area contributed by atoms with Crippen LogP contribution in [0.5, 0.6) is 0 Å². The van der Waals surface area contributed by atoms with E-state index in [2.05, 4.69) is 5.32 Å². The van der Waals surface area contributed by atoms with E-state index in [-0.39, 0.29) is 11.8 Å². The van der Waals surface area contributed by atoms with Gasteiger partial charge in [0.15, 0.2) is 0 Å². The molecule has 0 spiro atoms. The fraction of sp³-hybridized carbons (Fsp3) is 0.294. The average Bonchev–Trinajstić information content (AvgIpc) is 3.02. The van der Waals surface area contributed by atoms with Gasteiger partial charge in [0.05, 0.1) is 12.8 Å². The van der Waals surface area contributed by atoms with Gasteiger partial charge in [0, 0.05) is 6.42 Å². The summed E-state index contributed by atoms with van der Waals surface area (Å²) in [6.07, 6.45) is 2.06. The summed E-state index contributed by atoms with van der Waals surface area (Å²) < 4.78 is 5.33. The van der Waals surface area contributed by atoms with Gasteiger partial charge in [-0.3, -0.25) is 9.59 Å². The molecule has 2 atom stereocenters. The second-order valence-electron chi connectivity index (χ2n) is 5.48. The largest absolute Gasteiger partial charge is 0.467 e. The van der Waals surface area contributed by atoms with Gasteiger partial charge in [-0.1, -0.05) is 30.3 Å². The second kappa shape index (κ2) is 6.05. The van der Waals surface area contributed by atoms with Crippen molar-refractivity contribution in [3.63, 3.8) is 0 Å². The molecule has 0 radical (unpaired) electrons. The van der Waals surface area contributed by atoms with E-state index in [1.54, 1.807) is 24.2 Å². The van der Waals surface area contributed by atoms with Gasteiger partial charge in [-0.15, -0.1) is 0 Å². The first kappa shape index (κ1) is 14.4. The van der Waals surface area contributed by atoms with E-state index in [9.17, 15) is 9.59 Å². The Balaban J connectivity index is 1.85. The van der Waals surface area contributed by atoms with Crippen LogP contribution in [0.15, 0.2) is 53.1 Å². The lowest BCUT2D eigenvalue weighted by atomic mass is 10.00. The first-order chi connectivity index (χ1) is 10.6. The zero-order chi connectivity index (χ0) is 15.5. The summed E-state index contributed by atoms with van der Waals surface area (Å²) in [7, 11) is 0. The number of benzene rings is 1. The van der Waals surface area contributed by atoms with Gasteiger partial charge in [-0.05, 0) is 24.6 Å². The topological polar surface area (TPSA) is 62.6 Å². The molecule has 5 nitrogen and oxygen atoms in total. The molecule has 0 bridgehead atoms. The predicted octanol–water partition coefficient (Wildman–Crippen LogP) is 1.74. The third kappa shape index (κ3) is 2.88. The van der Waals surface area contributed by atoms with E-state index in [1.165, 1.54) is 0 Å². The van der Waals surface area contributed by atoms with Crippen molar-refractivity contribution in [1.29, 1.82) is 0 Å². The van der Waals surface area contributed by atoms with Gasteiger partial charge in [0.2, 0.25) is 11.8 Å². The van der Waals surface area contributed by atoms with E-state index in [0.717, 1.165) is 5.56 Å². The highest BCUT2D eigenvalue weighted by molar-refractivity contribution is 5.96. The van der Waals surface area contributed by atoms with Gasteiger partial charge in [0.1, 0.15) is 17.8 Å². The van der Waals surface area contributed by atoms with Crippen LogP contribution in [0.25, 0.3) is 0 Å². The molecule has 2 heterocycles. The molecule has 1 aromatic carbocycles. The van der Waals surface area contributed by atoms with Crippen LogP contribution in [-0.2, 0) is 22.6 Å². The Morgan fingerprint density at radius 2 is 1.91 bits per heavy atom. The first-order valence-corrected chi connectivity index (χ1v) is 7.32. The van der Waals surface area contributed by atoms with Gasteiger partial charge < -0.3 is 14.6 Å². The molecule has 0 saturated carbocycles. The zero-order valence-electron chi connectivity index (χ0n) is 12.4. The molecule has 1 aliphatic rings. The Morgan fingerprint density at radius 1 is 1.14 bits per heavy atom. The van der Waals surface area contributed by atoms with Crippen molar-refractivity contribution >= 4 is 11.8 Å². The molecule has 1 N–H and O–H groups in total. The maximum atomic E-state index is 12.5. The Bertz CT molecular complexity index is 652. The van der Waals surface area contributed by atoms with E-state index in [1.807, 2.05) is 36.4 Å². The molecule has 5 heteroatoms. The van der Waals surface area contributed by atoms with E-state index < -0.39 is 12.1 Å². The third-order valence-corrected chi connectivity index (χ3v) is 3.87. The van der Waals surface area contributed by atoms with Crippen molar-refractivity contribution in [3.8, 4) is 0 Å². The van der Waals surface area contributed by atoms with Crippen molar-refractivity contribution in [3.05, 3.63) is 60.1 Å². The summed E-state index contributed by atoms with van der Waals surface area (Å²) in [4.78, 5) is 26.4. The molecule has 2 aromatic rings. The van der Waals surface area contributed by atoms with Crippen LogP contribution >= 0.6 is 0 Å². The summed E-state index contributed by atoms with van der Waals surface area (Å²) in [6.45, 7) is 2.01. The smallest absolute Gasteiger partial charge is 0.245 e. The van der Waals surface area contributed by atoms with Crippen LogP contribution in [0.1, 0.15) is 18.2 Å². The zero-order valence-corrected chi connectivity index (χ0v) is 12.4. The second-order valence-corrected chi connectivity index (χ2v) is 5.48. The number of nitrogens with zero attached hydrogens (tertiary/aromatic N) is 1. The van der Waals surface area contributed by atoms with Gasteiger partial charge in [-0.2, -0.15) is 0 Å². The third-order valence-electron chi connectivity index (χ3n) is 3.87. The molecule has 114 valence electrons. The van der Waals surface area contributed by atoms with E-state index in [0.29, 0.717) is 18.7 Å². The number of nitrogens with one attached hydrogen (secondary N) is 1. The summed E-state index contributed by atoms with van der Waals surface area (Å²) in [5.74, 6) is 0.466. The average molecular weight is 298 g/mol. The number of hydrogen-bond donors (Lipinski definition) is 1. The predicted molar refractivity (Wildman–Crippen MR) is 80.8 cm³/mol. The fourth-order valence-electron chi connectivity index (χ4n) is 2.71. The fourth-order valence-corrected chi connectivity index (χ4v) is 2.71. The van der Waals surface area contributed by atoms with E-state index in [4.69, 9.17) is 4.42 Å². The number of piperazine rings is 1. The van der Waals surface area contributed by atoms with Crippen molar-refractivity contribution in [1.82, 2.24) is 10.2 Å². The molecule has 0 unspecified atom stereocenters. The SMILES string of the molecule is C[C@@H]1NC(=O)[C@H](Cc2ccccc2)N(Cc2ccco2)C1=O. The molecule has 1 aliphatic heterocycles. The molecule has 1 saturated heterocycles. The molecule has 0 aliphatic carbocycles. The number of hydrogen-bond acceptors (Lipinski definition) is 3. The van der Waals surface area contributed by atoms with Crippen molar-refractivity contribution in [2.24, 2.45) is 0 Å². The van der Waals surface area contributed by atoms with Crippen LogP contribution in [0.4, 0.5) is 0 Å². The normalized spacial score (nSPS) is 21.8. The molecule has 3 rings (SSSR count). The molecular weight excluding hydrogens is 280 g/mol. The Labute approximate surface area is 128 Å². The van der Waals surface area contributed by atoms with Crippen LogP contribution < -0.4 is 5.32 Å². The Hall–Kier alpha value is -2.56. The molecule has 22 heavy (non-hydrogen) atoms. The highest BCUT2D eigenvalue weighted by atomic mass is 16.3. The number of carbonyl (C=O) groups is 2. The lowest BCUT2D eigenvalue weighted by Crippen LogP contribution is -2.62. The summed E-state index contributed by atoms with van der Waals surface area (Å²) in [5.41, 5.74) is 1.02. The minimum Gasteiger partial charge on any atom is -0.467 e. The molecule has 1 fully saturated rings. The number of amides is 2. The van der Waals surface area contributed by atoms with Crippen molar-refractivity contribution < 1.29 is 14.0 Å². The highest BCUT2D eigenvalue weighted by Gasteiger charge is 2.38. The quantitative estimate of drug-likeness (QED) is 0.935. The van der Waals surface area contributed by atoms with Gasteiger partial charge >= 0.3 is 0 Å².